The summed E-state index contributed by atoms with van der Waals surface area (Å²) < 4.78 is 0. The molecule has 0 aromatic carbocycles. The van der Waals surface area contributed by atoms with Gasteiger partial charge in [-0.1, -0.05) is 54.4 Å². The van der Waals surface area contributed by atoms with Crippen molar-refractivity contribution in [2.45, 2.75) is 73.6 Å². The lowest BCUT2D eigenvalue weighted by atomic mass is 9.58. The van der Waals surface area contributed by atoms with E-state index in [0.717, 1.165) is 23.7 Å². The Labute approximate surface area is 103 Å². The van der Waals surface area contributed by atoms with Crippen LogP contribution in [-0.4, -0.2) is 0 Å². The molecule has 0 N–H and O–H groups in total. The van der Waals surface area contributed by atoms with Crippen LogP contribution < -0.4 is 0 Å². The van der Waals surface area contributed by atoms with Gasteiger partial charge in [0.2, 0.25) is 0 Å². The molecule has 1 aliphatic carbocycles. The Bertz CT molecular complexity index is 196. The van der Waals surface area contributed by atoms with Crippen molar-refractivity contribution in [1.82, 2.24) is 0 Å². The van der Waals surface area contributed by atoms with Crippen LogP contribution in [0.3, 0.4) is 0 Å². The quantitative estimate of drug-likeness (QED) is 0.557. The Kier molecular flexibility index (Phi) is 4.88. The molecule has 0 heterocycles. The molecule has 0 heteroatoms. The van der Waals surface area contributed by atoms with Gasteiger partial charge in [-0.3, -0.25) is 0 Å². The molecule has 1 saturated carbocycles. The lowest BCUT2D eigenvalue weighted by Gasteiger charge is -2.48. The van der Waals surface area contributed by atoms with Gasteiger partial charge in [0, 0.05) is 0 Å². The summed E-state index contributed by atoms with van der Waals surface area (Å²) in [6.07, 6.45) is 7.31. The molecule has 0 nitrogen and oxygen atoms in total. The van der Waals surface area contributed by atoms with Crippen LogP contribution in [0.1, 0.15) is 73.6 Å². The Balaban J connectivity index is 2.15. The normalized spacial score (nSPS) is 31.9. The molecule has 0 bridgehead atoms. The molecule has 16 heavy (non-hydrogen) atoms. The maximum absolute atomic E-state index is 2.51. The van der Waals surface area contributed by atoms with Gasteiger partial charge < -0.3 is 0 Å². The first-order valence-electron chi connectivity index (χ1n) is 7.34. The first-order valence-corrected chi connectivity index (χ1v) is 7.34. The van der Waals surface area contributed by atoms with Gasteiger partial charge in [-0.15, -0.1) is 0 Å². The molecule has 1 unspecified atom stereocenters. The molecule has 0 aromatic rings. The van der Waals surface area contributed by atoms with E-state index in [2.05, 4.69) is 41.5 Å². The lowest BCUT2D eigenvalue weighted by molar-refractivity contribution is 0.0315. The second-order valence-electron chi connectivity index (χ2n) is 7.34. The number of hydrogen-bond acceptors (Lipinski definition) is 0. The minimum Gasteiger partial charge on any atom is -0.0625 e. The Morgan fingerprint density at radius 3 is 2.06 bits per heavy atom. The third-order valence-corrected chi connectivity index (χ3v) is 5.03. The molecule has 1 atom stereocenters. The van der Waals surface area contributed by atoms with E-state index in [9.17, 15) is 0 Å². The zero-order valence-electron chi connectivity index (χ0n) is 12.3. The molecule has 0 spiro atoms. The highest BCUT2D eigenvalue weighted by Gasteiger charge is 2.40. The van der Waals surface area contributed by atoms with Gasteiger partial charge in [0.25, 0.3) is 0 Å². The third-order valence-electron chi connectivity index (χ3n) is 5.03. The summed E-state index contributed by atoms with van der Waals surface area (Å²) in [6, 6.07) is 0. The zero-order valence-corrected chi connectivity index (χ0v) is 12.3. The van der Waals surface area contributed by atoms with Crippen molar-refractivity contribution >= 4 is 0 Å². The van der Waals surface area contributed by atoms with E-state index in [1.807, 2.05) is 0 Å². The average molecular weight is 224 g/mol. The summed E-state index contributed by atoms with van der Waals surface area (Å²) >= 11 is 0. The van der Waals surface area contributed by atoms with E-state index in [0.29, 0.717) is 5.41 Å². The summed E-state index contributed by atoms with van der Waals surface area (Å²) in [5.74, 6) is 3.69. The summed E-state index contributed by atoms with van der Waals surface area (Å²) in [5, 5.41) is 0. The van der Waals surface area contributed by atoms with E-state index >= 15 is 0 Å². The fourth-order valence-electron chi connectivity index (χ4n) is 3.07. The molecular formula is C16H32. The molecule has 0 aromatic heterocycles. The van der Waals surface area contributed by atoms with Crippen molar-refractivity contribution in [3.05, 3.63) is 0 Å². The van der Waals surface area contributed by atoms with Crippen molar-refractivity contribution in [2.24, 2.45) is 29.1 Å². The van der Waals surface area contributed by atoms with Crippen LogP contribution in [-0.2, 0) is 0 Å². The topological polar surface area (TPSA) is 0 Å². The van der Waals surface area contributed by atoms with Gasteiger partial charge >= 0.3 is 0 Å². The Hall–Kier alpha value is 0. The van der Waals surface area contributed by atoms with Crippen LogP contribution in [0.25, 0.3) is 0 Å². The molecule has 0 radical (unpaired) electrons. The van der Waals surface area contributed by atoms with Crippen LogP contribution in [0.4, 0.5) is 0 Å². The monoisotopic (exact) mass is 224 g/mol. The highest BCUT2D eigenvalue weighted by molar-refractivity contribution is 4.91. The first-order chi connectivity index (χ1) is 7.34. The van der Waals surface area contributed by atoms with Gasteiger partial charge in [0.1, 0.15) is 0 Å². The van der Waals surface area contributed by atoms with Crippen LogP contribution in [0.5, 0.6) is 0 Å². The summed E-state index contributed by atoms with van der Waals surface area (Å²) in [5.41, 5.74) is 0.700. The molecule has 96 valence electrons. The van der Waals surface area contributed by atoms with Crippen LogP contribution in [0.15, 0.2) is 0 Å². The molecule has 0 saturated heterocycles. The fourth-order valence-corrected chi connectivity index (χ4v) is 3.07. The second-order valence-corrected chi connectivity index (χ2v) is 7.34. The van der Waals surface area contributed by atoms with Gasteiger partial charge in [-0.25, -0.2) is 0 Å². The predicted octanol–water partition coefficient (Wildman–Crippen LogP) is 5.52. The number of rotatable bonds is 6. The van der Waals surface area contributed by atoms with E-state index in [4.69, 9.17) is 0 Å². The Morgan fingerprint density at radius 2 is 1.62 bits per heavy atom. The minimum absolute atomic E-state index is 0.700. The minimum atomic E-state index is 0.700. The standard InChI is InChI=1S/C16H32/c1-12(2)14(5)8-7-9-16(6)10-15(11-16)13(3)4/h12-15H,7-11H2,1-6H3. The molecule has 0 amide bonds. The summed E-state index contributed by atoms with van der Waals surface area (Å²) in [6.45, 7) is 14.4. The van der Waals surface area contributed by atoms with Crippen LogP contribution in [0.2, 0.25) is 0 Å². The molecule has 1 aliphatic rings. The Morgan fingerprint density at radius 1 is 1.06 bits per heavy atom. The largest absolute Gasteiger partial charge is 0.0625 e. The van der Waals surface area contributed by atoms with E-state index in [-0.39, 0.29) is 0 Å². The van der Waals surface area contributed by atoms with Crippen LogP contribution in [0, 0.1) is 29.1 Å². The smallest absolute Gasteiger partial charge is 0.0320 e. The zero-order chi connectivity index (χ0) is 12.3. The van der Waals surface area contributed by atoms with Gasteiger partial charge in [-0.2, -0.15) is 0 Å². The summed E-state index contributed by atoms with van der Waals surface area (Å²) in [4.78, 5) is 0. The molecular weight excluding hydrogens is 192 g/mol. The lowest BCUT2D eigenvalue weighted by Crippen LogP contribution is -2.37. The van der Waals surface area contributed by atoms with Gasteiger partial charge in [-0.05, 0) is 48.3 Å². The van der Waals surface area contributed by atoms with Crippen LogP contribution >= 0.6 is 0 Å². The first kappa shape index (κ1) is 14.1. The average Bonchev–Trinajstić information content (AvgIpc) is 2.13. The van der Waals surface area contributed by atoms with E-state index in [1.165, 1.54) is 32.1 Å². The van der Waals surface area contributed by atoms with Crippen molar-refractivity contribution in [1.29, 1.82) is 0 Å². The maximum atomic E-state index is 2.51. The molecule has 0 aliphatic heterocycles. The molecule has 1 fully saturated rings. The highest BCUT2D eigenvalue weighted by atomic mass is 14.5. The number of hydrogen-bond donors (Lipinski definition) is 0. The maximum Gasteiger partial charge on any atom is -0.0320 e. The van der Waals surface area contributed by atoms with Crippen molar-refractivity contribution in [2.75, 3.05) is 0 Å². The van der Waals surface area contributed by atoms with Crippen molar-refractivity contribution in [3.63, 3.8) is 0 Å². The third kappa shape index (κ3) is 3.79. The molecule has 1 rings (SSSR count). The summed E-state index contributed by atoms with van der Waals surface area (Å²) in [7, 11) is 0. The van der Waals surface area contributed by atoms with E-state index < -0.39 is 0 Å². The SMILES string of the molecule is CC(C)C(C)CCCC1(C)CC(C(C)C)C1. The van der Waals surface area contributed by atoms with Crippen molar-refractivity contribution < 1.29 is 0 Å². The predicted molar refractivity (Wildman–Crippen MR) is 73.5 cm³/mol. The van der Waals surface area contributed by atoms with Crippen molar-refractivity contribution in [3.8, 4) is 0 Å². The second kappa shape index (κ2) is 5.56. The highest BCUT2D eigenvalue weighted by Crippen LogP contribution is 2.51. The fraction of sp³-hybridized carbons (Fsp3) is 1.00. The van der Waals surface area contributed by atoms with Gasteiger partial charge in [0.05, 0.1) is 0 Å². The van der Waals surface area contributed by atoms with E-state index in [1.54, 1.807) is 0 Å². The van der Waals surface area contributed by atoms with Gasteiger partial charge in [0.15, 0.2) is 0 Å².